The van der Waals surface area contributed by atoms with E-state index < -0.39 is 0 Å². The average molecular weight is 296 g/mol. The average Bonchev–Trinajstić information content (AvgIpc) is 2.90. The second-order valence-electron chi connectivity index (χ2n) is 5.54. The molecule has 1 N–H and O–H groups in total. The molecule has 3 aromatic rings. The predicted molar refractivity (Wildman–Crippen MR) is 88.8 cm³/mol. The third-order valence-electron chi connectivity index (χ3n) is 3.52. The van der Waals surface area contributed by atoms with Crippen LogP contribution in [0.2, 0.25) is 0 Å². The Bertz CT molecular complexity index is 760. The van der Waals surface area contributed by atoms with Gasteiger partial charge in [-0.15, -0.1) is 0 Å². The Morgan fingerprint density at radius 3 is 2.32 bits per heavy atom. The first kappa shape index (κ1) is 14.5. The molecule has 4 heteroatoms. The highest BCUT2D eigenvalue weighted by Crippen LogP contribution is 2.28. The summed E-state index contributed by atoms with van der Waals surface area (Å²) in [7, 11) is 5.79. The second kappa shape index (κ2) is 6.12. The highest BCUT2D eigenvalue weighted by atomic mass is 16.5. The van der Waals surface area contributed by atoms with Gasteiger partial charge in [0.05, 0.1) is 7.11 Å². The first-order chi connectivity index (χ1) is 10.7. The molecule has 0 bridgehead atoms. The predicted octanol–water partition coefficient (Wildman–Crippen LogP) is 4.03. The highest BCUT2D eigenvalue weighted by Gasteiger charge is 2.07. The Balaban J connectivity index is 1.86. The lowest BCUT2D eigenvalue weighted by molar-refractivity contribution is 0.404. The Morgan fingerprint density at radius 1 is 0.955 bits per heavy atom. The van der Waals surface area contributed by atoms with Crippen molar-refractivity contribution < 1.29 is 9.47 Å². The molecule has 0 aliphatic carbocycles. The van der Waals surface area contributed by atoms with Gasteiger partial charge in [0.1, 0.15) is 17.2 Å². The minimum absolute atomic E-state index is 0.796. The van der Waals surface area contributed by atoms with Crippen LogP contribution in [0.25, 0.3) is 10.9 Å². The maximum absolute atomic E-state index is 5.93. The molecule has 0 radical (unpaired) electrons. The van der Waals surface area contributed by atoms with E-state index in [4.69, 9.17) is 9.47 Å². The van der Waals surface area contributed by atoms with Crippen LogP contribution in [-0.4, -0.2) is 31.1 Å². The van der Waals surface area contributed by atoms with Gasteiger partial charge in [0.25, 0.3) is 0 Å². The van der Waals surface area contributed by atoms with E-state index in [1.54, 1.807) is 7.11 Å². The number of ether oxygens (including phenoxy) is 2. The number of aromatic nitrogens is 1. The zero-order valence-electron chi connectivity index (χ0n) is 13.1. The van der Waals surface area contributed by atoms with Crippen molar-refractivity contribution in [3.63, 3.8) is 0 Å². The Kier molecular flexibility index (Phi) is 4.02. The SMILES string of the molecule is COc1ccc(Oc2ccc3[nH]cc(CN(C)C)c3c2)cc1. The van der Waals surface area contributed by atoms with Gasteiger partial charge < -0.3 is 19.4 Å². The number of fused-ring (bicyclic) bond motifs is 1. The van der Waals surface area contributed by atoms with Gasteiger partial charge >= 0.3 is 0 Å². The molecule has 3 rings (SSSR count). The standard InChI is InChI=1S/C18H20N2O2/c1-20(2)12-13-11-19-18-9-8-16(10-17(13)18)22-15-6-4-14(21-3)5-7-15/h4-11,19H,12H2,1-3H3. The van der Waals surface area contributed by atoms with Crippen molar-refractivity contribution in [2.45, 2.75) is 6.54 Å². The van der Waals surface area contributed by atoms with Crippen molar-refractivity contribution in [2.75, 3.05) is 21.2 Å². The molecule has 0 saturated carbocycles. The number of methoxy groups -OCH3 is 1. The summed E-state index contributed by atoms with van der Waals surface area (Å²) in [6.07, 6.45) is 2.06. The summed E-state index contributed by atoms with van der Waals surface area (Å²) >= 11 is 0. The molecule has 1 heterocycles. The Hall–Kier alpha value is -2.46. The van der Waals surface area contributed by atoms with Crippen molar-refractivity contribution >= 4 is 10.9 Å². The normalized spacial score (nSPS) is 11.1. The molecule has 0 amide bonds. The first-order valence-electron chi connectivity index (χ1n) is 7.22. The minimum Gasteiger partial charge on any atom is -0.497 e. The second-order valence-corrected chi connectivity index (χ2v) is 5.54. The van der Waals surface area contributed by atoms with Crippen LogP contribution < -0.4 is 9.47 Å². The van der Waals surface area contributed by atoms with Crippen LogP contribution in [-0.2, 0) is 6.54 Å². The van der Waals surface area contributed by atoms with Gasteiger partial charge in [0.2, 0.25) is 0 Å². The van der Waals surface area contributed by atoms with Crippen molar-refractivity contribution in [1.29, 1.82) is 0 Å². The number of hydrogen-bond donors (Lipinski definition) is 1. The van der Waals surface area contributed by atoms with Gasteiger partial charge in [-0.3, -0.25) is 0 Å². The Labute approximate surface area is 130 Å². The molecule has 0 aliphatic heterocycles. The van der Waals surface area contributed by atoms with Gasteiger partial charge in [0.15, 0.2) is 0 Å². The Morgan fingerprint density at radius 2 is 1.64 bits per heavy atom. The van der Waals surface area contributed by atoms with Gasteiger partial charge in [-0.1, -0.05) is 0 Å². The number of benzene rings is 2. The largest absolute Gasteiger partial charge is 0.497 e. The van der Waals surface area contributed by atoms with Crippen LogP contribution in [0.4, 0.5) is 0 Å². The fourth-order valence-corrected chi connectivity index (χ4v) is 2.47. The molecule has 0 atom stereocenters. The van der Waals surface area contributed by atoms with Crippen LogP contribution in [0.15, 0.2) is 48.7 Å². The maximum Gasteiger partial charge on any atom is 0.128 e. The molecule has 0 spiro atoms. The van der Waals surface area contributed by atoms with E-state index in [2.05, 4.69) is 36.2 Å². The topological polar surface area (TPSA) is 37.5 Å². The summed E-state index contributed by atoms with van der Waals surface area (Å²) in [6, 6.07) is 13.7. The van der Waals surface area contributed by atoms with Crippen molar-refractivity contribution in [3.8, 4) is 17.2 Å². The van der Waals surface area contributed by atoms with Crippen LogP contribution in [0.1, 0.15) is 5.56 Å². The quantitative estimate of drug-likeness (QED) is 0.772. The van der Waals surface area contributed by atoms with Crippen molar-refractivity contribution in [3.05, 3.63) is 54.2 Å². The highest BCUT2D eigenvalue weighted by molar-refractivity contribution is 5.84. The van der Waals surface area contributed by atoms with E-state index in [-0.39, 0.29) is 0 Å². The molecular formula is C18H20N2O2. The van der Waals surface area contributed by atoms with E-state index in [0.29, 0.717) is 0 Å². The number of aromatic amines is 1. The summed E-state index contributed by atoms with van der Waals surface area (Å²) in [5.74, 6) is 2.45. The number of hydrogen-bond acceptors (Lipinski definition) is 3. The van der Waals surface area contributed by atoms with Gasteiger partial charge in [-0.2, -0.15) is 0 Å². The molecule has 0 aliphatic rings. The van der Waals surface area contributed by atoms with E-state index >= 15 is 0 Å². The molecule has 0 saturated heterocycles. The molecule has 4 nitrogen and oxygen atoms in total. The van der Waals surface area contributed by atoms with E-state index in [1.807, 2.05) is 36.4 Å². The van der Waals surface area contributed by atoms with E-state index in [1.165, 1.54) is 10.9 Å². The van der Waals surface area contributed by atoms with E-state index in [9.17, 15) is 0 Å². The van der Waals surface area contributed by atoms with E-state index in [0.717, 1.165) is 29.3 Å². The number of H-pyrrole nitrogens is 1. The summed E-state index contributed by atoms with van der Waals surface area (Å²) in [5.41, 5.74) is 2.39. The van der Waals surface area contributed by atoms with Crippen molar-refractivity contribution in [2.24, 2.45) is 0 Å². The summed E-state index contributed by atoms with van der Waals surface area (Å²) in [4.78, 5) is 5.45. The lowest BCUT2D eigenvalue weighted by Gasteiger charge is -2.09. The lowest BCUT2D eigenvalue weighted by Crippen LogP contribution is -2.10. The van der Waals surface area contributed by atoms with Crippen LogP contribution in [0.5, 0.6) is 17.2 Å². The van der Waals surface area contributed by atoms with Gasteiger partial charge in [-0.25, -0.2) is 0 Å². The molecule has 0 fully saturated rings. The first-order valence-corrected chi connectivity index (χ1v) is 7.22. The van der Waals surface area contributed by atoms with Crippen LogP contribution in [0, 0.1) is 0 Å². The van der Waals surface area contributed by atoms with Crippen molar-refractivity contribution in [1.82, 2.24) is 9.88 Å². The maximum atomic E-state index is 5.93. The smallest absolute Gasteiger partial charge is 0.128 e. The third-order valence-corrected chi connectivity index (χ3v) is 3.52. The zero-order valence-corrected chi connectivity index (χ0v) is 13.1. The van der Waals surface area contributed by atoms with Crippen LogP contribution in [0.3, 0.4) is 0 Å². The number of nitrogens with zero attached hydrogens (tertiary/aromatic N) is 1. The monoisotopic (exact) mass is 296 g/mol. The molecule has 22 heavy (non-hydrogen) atoms. The molecule has 114 valence electrons. The fourth-order valence-electron chi connectivity index (χ4n) is 2.47. The molecular weight excluding hydrogens is 276 g/mol. The fraction of sp³-hybridized carbons (Fsp3) is 0.222. The summed E-state index contributed by atoms with van der Waals surface area (Å²) in [6.45, 7) is 0.895. The number of nitrogens with one attached hydrogen (secondary N) is 1. The molecule has 0 unspecified atom stereocenters. The molecule has 2 aromatic carbocycles. The summed E-state index contributed by atoms with van der Waals surface area (Å²) < 4.78 is 11.1. The minimum atomic E-state index is 0.796. The molecule has 1 aromatic heterocycles. The van der Waals surface area contributed by atoms with Gasteiger partial charge in [-0.05, 0) is 62.1 Å². The lowest BCUT2D eigenvalue weighted by atomic mass is 10.1. The third kappa shape index (κ3) is 3.07. The van der Waals surface area contributed by atoms with Gasteiger partial charge in [0, 0.05) is 23.6 Å². The zero-order chi connectivity index (χ0) is 15.5. The number of rotatable bonds is 5. The van der Waals surface area contributed by atoms with Crippen LogP contribution >= 0.6 is 0 Å². The summed E-state index contributed by atoms with van der Waals surface area (Å²) in [5, 5.41) is 1.19.